The number of aliphatic imine (C=N–C) groups is 1. The Kier molecular flexibility index (Phi) is 3.95. The molecule has 0 bridgehead atoms. The van der Waals surface area contributed by atoms with Crippen LogP contribution in [0.1, 0.15) is 39.2 Å². The molecule has 19 heavy (non-hydrogen) atoms. The third kappa shape index (κ3) is 3.16. The molecule has 2 N–H and O–H groups in total. The summed E-state index contributed by atoms with van der Waals surface area (Å²) in [6.07, 6.45) is 1.81. The number of hydrogen-bond donors (Lipinski definition) is 1. The highest BCUT2D eigenvalue weighted by Gasteiger charge is 2.38. The van der Waals surface area contributed by atoms with Crippen LogP contribution in [-0.2, 0) is 10.2 Å². The molecule has 1 saturated heterocycles. The molecule has 0 aliphatic carbocycles. The van der Waals surface area contributed by atoms with Gasteiger partial charge in [-0.1, -0.05) is 30.3 Å². The Balaban J connectivity index is 2.44. The molecule has 0 spiro atoms. The summed E-state index contributed by atoms with van der Waals surface area (Å²) in [5.74, 6) is 0.745. The van der Waals surface area contributed by atoms with E-state index in [9.17, 15) is 0 Å². The van der Waals surface area contributed by atoms with Crippen molar-refractivity contribution >= 4 is 5.84 Å². The summed E-state index contributed by atoms with van der Waals surface area (Å²) in [6.45, 7) is 7.73. The normalized spacial score (nSPS) is 20.3. The molecule has 3 heteroatoms. The van der Waals surface area contributed by atoms with Crippen LogP contribution in [0, 0.1) is 0 Å². The highest BCUT2D eigenvalue weighted by molar-refractivity contribution is 5.92. The smallest absolute Gasteiger partial charge is 0.105 e. The molecule has 0 amide bonds. The third-order valence-electron chi connectivity index (χ3n) is 3.62. The first-order valence-electron chi connectivity index (χ1n) is 6.93. The summed E-state index contributed by atoms with van der Waals surface area (Å²) in [6, 6.07) is 10.5. The second kappa shape index (κ2) is 5.33. The lowest BCUT2D eigenvalue weighted by molar-refractivity contribution is 0.0702. The molecule has 104 valence electrons. The fraction of sp³-hybridized carbons (Fsp3) is 0.562. The zero-order valence-electron chi connectivity index (χ0n) is 12.1. The summed E-state index contributed by atoms with van der Waals surface area (Å²) in [5.41, 5.74) is 7.34. The number of rotatable bonds is 2. The minimum Gasteiger partial charge on any atom is -0.387 e. The maximum Gasteiger partial charge on any atom is 0.105 e. The summed E-state index contributed by atoms with van der Waals surface area (Å²) in [7, 11) is 0. The van der Waals surface area contributed by atoms with Gasteiger partial charge in [-0.3, -0.25) is 4.99 Å². The fourth-order valence-electron chi connectivity index (χ4n) is 2.64. The lowest BCUT2D eigenvalue weighted by Gasteiger charge is -2.38. The second-order valence-corrected chi connectivity index (χ2v) is 6.23. The molecule has 0 aromatic heterocycles. The number of amidine groups is 1. The highest BCUT2D eigenvalue weighted by Crippen LogP contribution is 2.35. The van der Waals surface area contributed by atoms with Crippen molar-refractivity contribution in [3.05, 3.63) is 35.9 Å². The van der Waals surface area contributed by atoms with E-state index in [2.05, 4.69) is 45.0 Å². The molecule has 1 aromatic rings. The largest absolute Gasteiger partial charge is 0.387 e. The van der Waals surface area contributed by atoms with Crippen molar-refractivity contribution in [3.8, 4) is 0 Å². The lowest BCUT2D eigenvalue weighted by Crippen LogP contribution is -2.46. The minimum absolute atomic E-state index is 0.149. The van der Waals surface area contributed by atoms with E-state index in [1.807, 2.05) is 6.07 Å². The van der Waals surface area contributed by atoms with Gasteiger partial charge in [0, 0.05) is 13.2 Å². The third-order valence-corrected chi connectivity index (χ3v) is 3.62. The van der Waals surface area contributed by atoms with E-state index < -0.39 is 0 Å². The van der Waals surface area contributed by atoms with E-state index >= 15 is 0 Å². The Morgan fingerprint density at radius 1 is 1.16 bits per heavy atom. The fourth-order valence-corrected chi connectivity index (χ4v) is 2.64. The molecule has 3 nitrogen and oxygen atoms in total. The van der Waals surface area contributed by atoms with Gasteiger partial charge in [0.2, 0.25) is 0 Å². The number of hydrogen-bond acceptors (Lipinski definition) is 2. The van der Waals surface area contributed by atoms with Crippen molar-refractivity contribution < 1.29 is 4.74 Å². The van der Waals surface area contributed by atoms with Crippen LogP contribution in [0.4, 0.5) is 0 Å². The van der Waals surface area contributed by atoms with Crippen molar-refractivity contribution in [2.45, 2.75) is 44.6 Å². The van der Waals surface area contributed by atoms with Gasteiger partial charge >= 0.3 is 0 Å². The van der Waals surface area contributed by atoms with E-state index in [0.29, 0.717) is 0 Å². The van der Waals surface area contributed by atoms with Gasteiger partial charge in [-0.15, -0.1) is 0 Å². The van der Waals surface area contributed by atoms with Gasteiger partial charge in [0.05, 0.1) is 11.0 Å². The van der Waals surface area contributed by atoms with Gasteiger partial charge in [-0.25, -0.2) is 0 Å². The van der Waals surface area contributed by atoms with E-state index in [1.165, 1.54) is 5.56 Å². The van der Waals surface area contributed by atoms with Crippen LogP contribution in [0.15, 0.2) is 35.3 Å². The molecule has 1 aliphatic rings. The van der Waals surface area contributed by atoms with Gasteiger partial charge < -0.3 is 10.5 Å². The number of ether oxygens (including phenoxy) is 1. The summed E-state index contributed by atoms with van der Waals surface area (Å²) < 4.78 is 5.52. The molecule has 0 unspecified atom stereocenters. The van der Waals surface area contributed by atoms with Gasteiger partial charge in [0.25, 0.3) is 0 Å². The Bertz CT molecular complexity index is 440. The Hall–Kier alpha value is -1.35. The van der Waals surface area contributed by atoms with Gasteiger partial charge in [0.15, 0.2) is 0 Å². The maximum absolute atomic E-state index is 6.40. The molecule has 0 saturated carbocycles. The number of nitrogens with two attached hydrogens (primary N) is 1. The monoisotopic (exact) mass is 260 g/mol. The first kappa shape index (κ1) is 14.1. The highest BCUT2D eigenvalue weighted by atomic mass is 16.5. The van der Waals surface area contributed by atoms with E-state index in [0.717, 1.165) is 31.9 Å². The summed E-state index contributed by atoms with van der Waals surface area (Å²) >= 11 is 0. The minimum atomic E-state index is -0.160. The number of benzene rings is 1. The zero-order chi connectivity index (χ0) is 13.9. The second-order valence-electron chi connectivity index (χ2n) is 6.23. The topological polar surface area (TPSA) is 47.6 Å². The predicted molar refractivity (Wildman–Crippen MR) is 79.5 cm³/mol. The van der Waals surface area contributed by atoms with Crippen LogP contribution >= 0.6 is 0 Å². The summed E-state index contributed by atoms with van der Waals surface area (Å²) in [5, 5.41) is 0. The molecule has 1 heterocycles. The van der Waals surface area contributed by atoms with Crippen LogP contribution in [0.2, 0.25) is 0 Å². The van der Waals surface area contributed by atoms with E-state index in [-0.39, 0.29) is 11.0 Å². The van der Waals surface area contributed by atoms with Crippen molar-refractivity contribution in [3.63, 3.8) is 0 Å². The quantitative estimate of drug-likeness (QED) is 0.656. The molecule has 0 radical (unpaired) electrons. The van der Waals surface area contributed by atoms with Gasteiger partial charge in [-0.2, -0.15) is 0 Å². The predicted octanol–water partition coefficient (Wildman–Crippen LogP) is 2.89. The lowest BCUT2D eigenvalue weighted by atomic mass is 9.73. The van der Waals surface area contributed by atoms with Crippen LogP contribution in [0.5, 0.6) is 0 Å². The van der Waals surface area contributed by atoms with Crippen LogP contribution in [0.3, 0.4) is 0 Å². The SMILES string of the molecule is CC(C)(C)N=C(N)C1(c2ccccc2)CCOCC1. The average Bonchev–Trinajstić information content (AvgIpc) is 2.38. The molecular formula is C16H24N2O. The molecule has 2 rings (SSSR count). The molecule has 1 aliphatic heterocycles. The zero-order valence-corrected chi connectivity index (χ0v) is 12.1. The van der Waals surface area contributed by atoms with E-state index in [1.54, 1.807) is 0 Å². The first-order valence-corrected chi connectivity index (χ1v) is 6.93. The summed E-state index contributed by atoms with van der Waals surface area (Å²) in [4.78, 5) is 4.72. The molecular weight excluding hydrogens is 236 g/mol. The standard InChI is InChI=1S/C16H24N2O/c1-15(2,3)18-14(17)16(9-11-19-12-10-16)13-7-5-4-6-8-13/h4-8H,9-12H2,1-3H3,(H2,17,18). The van der Waals surface area contributed by atoms with Gasteiger partial charge in [0.1, 0.15) is 5.84 Å². The maximum atomic E-state index is 6.40. The average molecular weight is 260 g/mol. The van der Waals surface area contributed by atoms with Crippen molar-refractivity contribution in [2.24, 2.45) is 10.7 Å². The van der Waals surface area contributed by atoms with Crippen LogP contribution in [0.25, 0.3) is 0 Å². The Morgan fingerprint density at radius 3 is 2.26 bits per heavy atom. The van der Waals surface area contributed by atoms with Crippen LogP contribution < -0.4 is 5.73 Å². The Labute approximate surface area is 115 Å². The van der Waals surface area contributed by atoms with E-state index in [4.69, 9.17) is 15.5 Å². The molecule has 1 fully saturated rings. The van der Waals surface area contributed by atoms with Crippen LogP contribution in [-0.4, -0.2) is 24.6 Å². The molecule has 0 atom stereocenters. The number of nitrogens with zero attached hydrogens (tertiary/aromatic N) is 1. The Morgan fingerprint density at radius 2 is 1.74 bits per heavy atom. The van der Waals surface area contributed by atoms with Crippen molar-refractivity contribution in [1.29, 1.82) is 0 Å². The van der Waals surface area contributed by atoms with Crippen molar-refractivity contribution in [2.75, 3.05) is 13.2 Å². The van der Waals surface area contributed by atoms with Gasteiger partial charge in [-0.05, 0) is 39.2 Å². The van der Waals surface area contributed by atoms with Crippen molar-refractivity contribution in [1.82, 2.24) is 0 Å². The molecule has 1 aromatic carbocycles. The first-order chi connectivity index (χ1) is 8.94.